The van der Waals surface area contributed by atoms with Crippen molar-refractivity contribution in [1.82, 2.24) is 4.98 Å². The lowest BCUT2D eigenvalue weighted by atomic mass is 10.0. The molecule has 0 saturated carbocycles. The number of anilines is 1. The van der Waals surface area contributed by atoms with E-state index in [9.17, 15) is 25.2 Å². The molecule has 20 heavy (non-hydrogen) atoms. The molecule has 1 aromatic rings. The molecular weight excluding hydrogens is 264 g/mol. The van der Waals surface area contributed by atoms with Crippen LogP contribution < -0.4 is 5.32 Å². The van der Waals surface area contributed by atoms with E-state index in [0.29, 0.717) is 0 Å². The Kier molecular flexibility index (Phi) is 4.22. The fourth-order valence-electron chi connectivity index (χ4n) is 2.25. The lowest BCUT2D eigenvalue weighted by Crippen LogP contribution is -2.49. The van der Waals surface area contributed by atoms with Crippen molar-refractivity contribution in [2.24, 2.45) is 0 Å². The van der Waals surface area contributed by atoms with Crippen LogP contribution in [0.4, 0.5) is 5.82 Å². The summed E-state index contributed by atoms with van der Waals surface area (Å²) in [7, 11) is 0. The van der Waals surface area contributed by atoms with E-state index in [1.54, 1.807) is 6.07 Å². The quantitative estimate of drug-likeness (QED) is 0.472. The highest BCUT2D eigenvalue weighted by molar-refractivity contribution is 5.93. The Labute approximate surface area is 115 Å². The van der Waals surface area contributed by atoms with Crippen LogP contribution in [0.25, 0.3) is 0 Å². The molecule has 7 heteroatoms. The smallest absolute Gasteiger partial charge is 0.339 e. The van der Waals surface area contributed by atoms with E-state index in [1.165, 1.54) is 0 Å². The van der Waals surface area contributed by atoms with Gasteiger partial charge in [-0.1, -0.05) is 0 Å². The number of pyridine rings is 1. The zero-order valence-electron chi connectivity index (χ0n) is 11.0. The minimum atomic E-state index is -1.40. The lowest BCUT2D eigenvalue weighted by molar-refractivity contribution is 0.0691. The van der Waals surface area contributed by atoms with Gasteiger partial charge in [-0.25, -0.2) is 9.78 Å². The van der Waals surface area contributed by atoms with Gasteiger partial charge >= 0.3 is 5.97 Å². The van der Waals surface area contributed by atoms with Gasteiger partial charge in [0.15, 0.2) is 0 Å². The second-order valence-electron chi connectivity index (χ2n) is 5.03. The molecule has 0 atom stereocenters. The van der Waals surface area contributed by atoms with Gasteiger partial charge in [-0.15, -0.1) is 0 Å². The molecule has 1 aliphatic carbocycles. The van der Waals surface area contributed by atoms with Crippen LogP contribution in [0.2, 0.25) is 0 Å². The number of carbonyl (C=O) groups is 1. The Morgan fingerprint density at radius 1 is 1.25 bits per heavy atom. The van der Waals surface area contributed by atoms with Crippen LogP contribution in [-0.4, -0.2) is 56.7 Å². The van der Waals surface area contributed by atoms with Crippen LogP contribution in [0.3, 0.4) is 0 Å². The third kappa shape index (κ3) is 2.60. The van der Waals surface area contributed by atoms with Gasteiger partial charge in [0.2, 0.25) is 0 Å². The Morgan fingerprint density at radius 3 is 2.45 bits per heavy atom. The van der Waals surface area contributed by atoms with Gasteiger partial charge < -0.3 is 25.7 Å². The summed E-state index contributed by atoms with van der Waals surface area (Å²) in [5, 5.41) is 39.8. The zero-order chi connectivity index (χ0) is 14.8. The van der Waals surface area contributed by atoms with E-state index in [1.807, 2.05) is 0 Å². The average Bonchev–Trinajstić information content (AvgIpc) is 2.91. The predicted molar refractivity (Wildman–Crippen MR) is 70.8 cm³/mol. The molecule has 0 aliphatic heterocycles. The van der Waals surface area contributed by atoms with Crippen molar-refractivity contribution in [2.45, 2.75) is 24.8 Å². The number of aryl methyl sites for hydroxylation is 2. The first kappa shape index (κ1) is 14.7. The largest absolute Gasteiger partial charge is 0.478 e. The number of nitrogens with zero attached hydrogens (tertiary/aromatic N) is 1. The molecule has 0 radical (unpaired) electrons. The maximum absolute atomic E-state index is 11.3. The van der Waals surface area contributed by atoms with Gasteiger partial charge in [-0.2, -0.15) is 0 Å². The first-order valence-corrected chi connectivity index (χ1v) is 6.42. The minimum absolute atomic E-state index is 0.0228. The second kappa shape index (κ2) is 5.74. The van der Waals surface area contributed by atoms with E-state index in [-0.39, 0.29) is 11.4 Å². The number of aliphatic hydroxyl groups excluding tert-OH is 3. The Bertz CT molecular complexity index is 505. The molecule has 1 heterocycles. The first-order chi connectivity index (χ1) is 9.55. The minimum Gasteiger partial charge on any atom is -0.478 e. The highest BCUT2D eigenvalue weighted by Crippen LogP contribution is 2.27. The number of fused-ring (bicyclic) bond motifs is 1. The van der Waals surface area contributed by atoms with Crippen molar-refractivity contribution in [3.05, 3.63) is 22.9 Å². The molecule has 0 saturated heterocycles. The van der Waals surface area contributed by atoms with Gasteiger partial charge in [0.25, 0.3) is 0 Å². The molecule has 5 N–H and O–H groups in total. The molecule has 2 rings (SSSR count). The molecule has 7 nitrogen and oxygen atoms in total. The number of carboxylic acid groups (broad SMARTS) is 1. The Hall–Kier alpha value is -1.70. The fraction of sp³-hybridized carbons (Fsp3) is 0.538. The number of carboxylic acids is 1. The van der Waals surface area contributed by atoms with Crippen molar-refractivity contribution in [1.29, 1.82) is 0 Å². The van der Waals surface area contributed by atoms with Crippen LogP contribution >= 0.6 is 0 Å². The number of hydrogen-bond donors (Lipinski definition) is 5. The second-order valence-corrected chi connectivity index (χ2v) is 5.03. The molecule has 1 aromatic heterocycles. The highest BCUT2D eigenvalue weighted by atomic mass is 16.4. The van der Waals surface area contributed by atoms with Crippen LogP contribution in [0, 0.1) is 0 Å². The maximum atomic E-state index is 11.3. The van der Waals surface area contributed by atoms with Crippen LogP contribution in [0.15, 0.2) is 6.07 Å². The van der Waals surface area contributed by atoms with Crippen molar-refractivity contribution in [3.8, 4) is 0 Å². The van der Waals surface area contributed by atoms with E-state index in [4.69, 9.17) is 0 Å². The van der Waals surface area contributed by atoms with Crippen molar-refractivity contribution >= 4 is 11.8 Å². The Morgan fingerprint density at radius 2 is 1.90 bits per heavy atom. The molecule has 110 valence electrons. The molecule has 0 spiro atoms. The Balaban J connectivity index is 2.42. The maximum Gasteiger partial charge on any atom is 0.339 e. The van der Waals surface area contributed by atoms with Gasteiger partial charge in [0, 0.05) is 5.69 Å². The average molecular weight is 282 g/mol. The summed E-state index contributed by atoms with van der Waals surface area (Å²) in [5.41, 5.74) is 0.311. The standard InChI is InChI=1S/C13H18N2O5/c16-5-13(6-17,7-18)15-11-9(12(19)20)4-8-2-1-3-10(8)14-11/h4,16-18H,1-3,5-7H2,(H,14,15)(H,19,20). The number of nitrogens with one attached hydrogen (secondary N) is 1. The van der Waals surface area contributed by atoms with Gasteiger partial charge in [-0.05, 0) is 30.9 Å². The zero-order valence-corrected chi connectivity index (χ0v) is 11.0. The van der Waals surface area contributed by atoms with Crippen molar-refractivity contribution in [2.75, 3.05) is 25.1 Å². The monoisotopic (exact) mass is 282 g/mol. The fourth-order valence-corrected chi connectivity index (χ4v) is 2.25. The molecule has 0 amide bonds. The molecular formula is C13H18N2O5. The molecule has 0 unspecified atom stereocenters. The topological polar surface area (TPSA) is 123 Å². The van der Waals surface area contributed by atoms with Crippen LogP contribution in [-0.2, 0) is 12.8 Å². The molecule has 1 aliphatic rings. The number of rotatable bonds is 6. The summed E-state index contributed by atoms with van der Waals surface area (Å²) >= 11 is 0. The summed E-state index contributed by atoms with van der Waals surface area (Å²) in [6, 6.07) is 1.57. The molecule has 0 bridgehead atoms. The third-order valence-corrected chi connectivity index (χ3v) is 3.57. The number of aromatic carboxylic acids is 1. The summed E-state index contributed by atoms with van der Waals surface area (Å²) in [6.45, 7) is -1.63. The number of hydrogen-bond acceptors (Lipinski definition) is 6. The summed E-state index contributed by atoms with van der Waals surface area (Å²) in [6.07, 6.45) is 2.50. The van der Waals surface area contributed by atoms with Gasteiger partial charge in [-0.3, -0.25) is 0 Å². The van der Waals surface area contributed by atoms with E-state index >= 15 is 0 Å². The van der Waals surface area contributed by atoms with Crippen molar-refractivity contribution in [3.63, 3.8) is 0 Å². The molecule has 0 aromatic carbocycles. The van der Waals surface area contributed by atoms with Gasteiger partial charge in [0.05, 0.1) is 19.8 Å². The van der Waals surface area contributed by atoms with E-state index in [2.05, 4.69) is 10.3 Å². The SMILES string of the molecule is O=C(O)c1cc2c(nc1NC(CO)(CO)CO)CCC2. The highest BCUT2D eigenvalue weighted by Gasteiger charge is 2.31. The lowest BCUT2D eigenvalue weighted by Gasteiger charge is -2.30. The molecule has 0 fully saturated rings. The predicted octanol–water partition coefficient (Wildman–Crippen LogP) is -0.604. The summed E-state index contributed by atoms with van der Waals surface area (Å²) in [4.78, 5) is 15.6. The third-order valence-electron chi connectivity index (χ3n) is 3.57. The van der Waals surface area contributed by atoms with Crippen LogP contribution in [0.5, 0.6) is 0 Å². The van der Waals surface area contributed by atoms with Crippen molar-refractivity contribution < 1.29 is 25.2 Å². The summed E-state index contributed by atoms with van der Waals surface area (Å²) in [5.74, 6) is -1.08. The van der Waals surface area contributed by atoms with E-state index < -0.39 is 31.3 Å². The summed E-state index contributed by atoms with van der Waals surface area (Å²) < 4.78 is 0. The number of aliphatic hydroxyl groups is 3. The number of aromatic nitrogens is 1. The normalized spacial score (nSPS) is 14.2. The first-order valence-electron chi connectivity index (χ1n) is 6.42. The van der Waals surface area contributed by atoms with E-state index in [0.717, 1.165) is 30.5 Å². The van der Waals surface area contributed by atoms with Gasteiger partial charge in [0.1, 0.15) is 16.9 Å². The van der Waals surface area contributed by atoms with Crippen LogP contribution in [0.1, 0.15) is 28.0 Å².